The number of likely N-dealkylation sites (tertiary alicyclic amines) is 1. The van der Waals surface area contributed by atoms with E-state index < -0.39 is 5.60 Å². The lowest BCUT2D eigenvalue weighted by Crippen LogP contribution is -2.41. The average molecular weight is 384 g/mol. The Morgan fingerprint density at radius 2 is 2.14 bits per heavy atom. The van der Waals surface area contributed by atoms with Gasteiger partial charge in [-0.1, -0.05) is 42.3 Å². The Kier molecular flexibility index (Phi) is 5.35. The quantitative estimate of drug-likeness (QED) is 0.827. The number of amides is 2. The lowest BCUT2D eigenvalue weighted by molar-refractivity contribution is 0.0488. The number of aliphatic hydroxyl groups is 1. The number of rotatable bonds is 5. The SMILES string of the molecule is Cc1ccccc1C1(O)CCN(C(=O)NCCc2noc(C3CCCC3)n2)C1. The summed E-state index contributed by atoms with van der Waals surface area (Å²) in [6, 6.07) is 7.64. The highest BCUT2D eigenvalue weighted by Gasteiger charge is 2.40. The number of β-amino-alcohol motifs (C(OH)–C–C–N with tert-alkyl or cyclic N) is 1. The van der Waals surface area contributed by atoms with Gasteiger partial charge in [-0.25, -0.2) is 4.79 Å². The van der Waals surface area contributed by atoms with Gasteiger partial charge in [-0.3, -0.25) is 0 Å². The Morgan fingerprint density at radius 3 is 2.93 bits per heavy atom. The largest absolute Gasteiger partial charge is 0.383 e. The van der Waals surface area contributed by atoms with Crippen molar-refractivity contribution in [3.63, 3.8) is 0 Å². The van der Waals surface area contributed by atoms with Gasteiger partial charge in [0, 0.05) is 25.4 Å². The maximum Gasteiger partial charge on any atom is 0.317 e. The minimum absolute atomic E-state index is 0.163. The van der Waals surface area contributed by atoms with Crippen LogP contribution in [0.1, 0.15) is 60.9 Å². The maximum absolute atomic E-state index is 12.5. The predicted octanol–water partition coefficient (Wildman–Crippen LogP) is 2.88. The van der Waals surface area contributed by atoms with Gasteiger partial charge in [0.15, 0.2) is 5.82 Å². The number of carbonyl (C=O) groups is 1. The first-order valence-corrected chi connectivity index (χ1v) is 10.2. The van der Waals surface area contributed by atoms with Crippen molar-refractivity contribution in [3.8, 4) is 0 Å². The standard InChI is InChI=1S/C21H28N4O3/c1-15-6-2-5-9-17(15)21(27)11-13-25(14-21)20(26)22-12-10-18-23-19(28-24-18)16-7-3-4-8-16/h2,5-6,9,16,27H,3-4,7-8,10-14H2,1H3,(H,22,26). The normalized spacial score (nSPS) is 22.7. The van der Waals surface area contributed by atoms with Crippen LogP contribution >= 0.6 is 0 Å². The molecule has 2 aliphatic rings. The summed E-state index contributed by atoms with van der Waals surface area (Å²) in [5, 5.41) is 18.0. The number of hydrogen-bond acceptors (Lipinski definition) is 5. The van der Waals surface area contributed by atoms with Gasteiger partial charge in [0.1, 0.15) is 5.60 Å². The Hall–Kier alpha value is -2.41. The zero-order valence-corrected chi connectivity index (χ0v) is 16.4. The molecule has 1 saturated carbocycles. The van der Waals surface area contributed by atoms with Crippen LogP contribution in [0.25, 0.3) is 0 Å². The van der Waals surface area contributed by atoms with Crippen LogP contribution in [0.4, 0.5) is 4.79 Å². The molecule has 4 rings (SSSR count). The number of urea groups is 1. The van der Waals surface area contributed by atoms with Crippen LogP contribution in [0.15, 0.2) is 28.8 Å². The Bertz CT molecular complexity index is 831. The molecule has 2 N–H and O–H groups in total. The molecule has 28 heavy (non-hydrogen) atoms. The number of carbonyl (C=O) groups excluding carboxylic acids is 1. The molecule has 2 aromatic rings. The predicted molar refractivity (Wildman–Crippen MR) is 104 cm³/mol. The number of nitrogens with one attached hydrogen (secondary N) is 1. The van der Waals surface area contributed by atoms with E-state index in [0.717, 1.165) is 29.9 Å². The molecule has 1 unspecified atom stereocenters. The molecule has 7 heteroatoms. The fourth-order valence-corrected chi connectivity index (χ4v) is 4.38. The summed E-state index contributed by atoms with van der Waals surface area (Å²) in [6.07, 6.45) is 5.78. The van der Waals surface area contributed by atoms with E-state index in [-0.39, 0.29) is 6.03 Å². The number of aromatic nitrogens is 2. The second kappa shape index (κ2) is 7.91. The van der Waals surface area contributed by atoms with Gasteiger partial charge in [0.05, 0.1) is 6.54 Å². The zero-order chi connectivity index (χ0) is 19.6. The molecule has 0 radical (unpaired) electrons. The number of aryl methyl sites for hydroxylation is 1. The van der Waals surface area contributed by atoms with E-state index >= 15 is 0 Å². The highest BCUT2D eigenvalue weighted by Crippen LogP contribution is 2.34. The summed E-state index contributed by atoms with van der Waals surface area (Å²) < 4.78 is 5.38. The monoisotopic (exact) mass is 384 g/mol. The topological polar surface area (TPSA) is 91.5 Å². The fourth-order valence-electron chi connectivity index (χ4n) is 4.38. The summed E-state index contributed by atoms with van der Waals surface area (Å²) in [5.41, 5.74) is 0.964. The molecule has 2 amide bonds. The molecule has 1 aliphatic heterocycles. The highest BCUT2D eigenvalue weighted by molar-refractivity contribution is 5.74. The lowest BCUT2D eigenvalue weighted by atomic mass is 9.89. The van der Waals surface area contributed by atoms with Gasteiger partial charge < -0.3 is 19.8 Å². The van der Waals surface area contributed by atoms with Gasteiger partial charge in [0.25, 0.3) is 0 Å². The molecule has 7 nitrogen and oxygen atoms in total. The third kappa shape index (κ3) is 3.90. The Balaban J connectivity index is 1.27. The first kappa shape index (κ1) is 18.9. The van der Waals surface area contributed by atoms with E-state index in [1.807, 2.05) is 31.2 Å². The number of nitrogens with zero attached hydrogens (tertiary/aromatic N) is 3. The Labute approximate surface area is 165 Å². The maximum atomic E-state index is 12.5. The van der Waals surface area contributed by atoms with Crippen molar-refractivity contribution in [3.05, 3.63) is 47.1 Å². The molecule has 2 heterocycles. The molecule has 1 aromatic heterocycles. The van der Waals surface area contributed by atoms with Crippen LogP contribution in [-0.2, 0) is 12.0 Å². The van der Waals surface area contributed by atoms with Crippen molar-refractivity contribution >= 4 is 6.03 Å². The Morgan fingerprint density at radius 1 is 1.36 bits per heavy atom. The van der Waals surface area contributed by atoms with Crippen molar-refractivity contribution in [1.29, 1.82) is 0 Å². The smallest absolute Gasteiger partial charge is 0.317 e. The second-order valence-corrected chi connectivity index (χ2v) is 8.03. The van der Waals surface area contributed by atoms with Crippen LogP contribution in [-0.4, -0.2) is 45.8 Å². The number of hydrogen-bond donors (Lipinski definition) is 2. The zero-order valence-electron chi connectivity index (χ0n) is 16.4. The minimum atomic E-state index is -0.980. The molecule has 0 spiro atoms. The first-order chi connectivity index (χ1) is 13.5. The van der Waals surface area contributed by atoms with Crippen molar-refractivity contribution < 1.29 is 14.4 Å². The van der Waals surface area contributed by atoms with Crippen LogP contribution in [0.3, 0.4) is 0 Å². The van der Waals surface area contributed by atoms with E-state index in [9.17, 15) is 9.90 Å². The molecular weight excluding hydrogens is 356 g/mol. The van der Waals surface area contributed by atoms with E-state index in [0.29, 0.717) is 44.2 Å². The molecular formula is C21H28N4O3. The van der Waals surface area contributed by atoms with Gasteiger partial charge in [0.2, 0.25) is 5.89 Å². The number of benzene rings is 1. The molecule has 1 saturated heterocycles. The lowest BCUT2D eigenvalue weighted by Gasteiger charge is -2.25. The van der Waals surface area contributed by atoms with Crippen LogP contribution in [0.5, 0.6) is 0 Å². The van der Waals surface area contributed by atoms with E-state index in [1.54, 1.807) is 4.90 Å². The van der Waals surface area contributed by atoms with Crippen molar-refractivity contribution in [2.24, 2.45) is 0 Å². The molecule has 2 fully saturated rings. The summed E-state index contributed by atoms with van der Waals surface area (Å²) in [6.45, 7) is 3.27. The average Bonchev–Trinajstić information content (AvgIpc) is 3.43. The second-order valence-electron chi connectivity index (χ2n) is 8.03. The molecule has 1 aliphatic carbocycles. The van der Waals surface area contributed by atoms with Crippen LogP contribution in [0, 0.1) is 6.92 Å². The summed E-state index contributed by atoms with van der Waals surface area (Å²) in [5.74, 6) is 1.78. The first-order valence-electron chi connectivity index (χ1n) is 10.2. The molecule has 150 valence electrons. The summed E-state index contributed by atoms with van der Waals surface area (Å²) in [4.78, 5) is 18.6. The van der Waals surface area contributed by atoms with Gasteiger partial charge in [-0.2, -0.15) is 4.98 Å². The molecule has 0 bridgehead atoms. The third-order valence-electron chi connectivity index (χ3n) is 5.99. The third-order valence-corrected chi connectivity index (χ3v) is 5.99. The highest BCUT2D eigenvalue weighted by atomic mass is 16.5. The van der Waals surface area contributed by atoms with Crippen LogP contribution in [0.2, 0.25) is 0 Å². The van der Waals surface area contributed by atoms with Crippen LogP contribution < -0.4 is 5.32 Å². The summed E-state index contributed by atoms with van der Waals surface area (Å²) in [7, 11) is 0. The molecule has 1 atom stereocenters. The van der Waals surface area contributed by atoms with E-state index in [4.69, 9.17) is 4.52 Å². The summed E-state index contributed by atoms with van der Waals surface area (Å²) >= 11 is 0. The van der Waals surface area contributed by atoms with Gasteiger partial charge >= 0.3 is 6.03 Å². The van der Waals surface area contributed by atoms with Gasteiger partial charge in [-0.05, 0) is 37.3 Å². The van der Waals surface area contributed by atoms with E-state index in [1.165, 1.54) is 12.8 Å². The van der Waals surface area contributed by atoms with Crippen molar-refractivity contribution in [2.45, 2.75) is 57.0 Å². The fraction of sp³-hybridized carbons (Fsp3) is 0.571. The van der Waals surface area contributed by atoms with Crippen molar-refractivity contribution in [2.75, 3.05) is 19.6 Å². The van der Waals surface area contributed by atoms with Crippen molar-refractivity contribution in [1.82, 2.24) is 20.4 Å². The minimum Gasteiger partial charge on any atom is -0.383 e. The van der Waals surface area contributed by atoms with Gasteiger partial charge in [-0.15, -0.1) is 0 Å². The van der Waals surface area contributed by atoms with E-state index in [2.05, 4.69) is 15.5 Å². The molecule has 1 aromatic carbocycles.